The van der Waals surface area contributed by atoms with Crippen molar-refractivity contribution in [3.63, 3.8) is 0 Å². The lowest BCUT2D eigenvalue weighted by molar-refractivity contribution is -0.131. The standard InChI is InChI=1S/C15H24N4O3/c1-18-7-4-15(5-8-18)6-9-19(10-15)12(20)3-2-11-13(21)17-14(22)16-11/h11H,2-10H2,1H3,(H2,16,17,21,22)/t11-/m0/s1. The van der Waals surface area contributed by atoms with Crippen molar-refractivity contribution in [1.82, 2.24) is 20.4 Å². The second-order valence-corrected chi connectivity index (χ2v) is 6.92. The molecule has 0 aromatic heterocycles. The average molecular weight is 308 g/mol. The van der Waals surface area contributed by atoms with Crippen LogP contribution in [0, 0.1) is 5.41 Å². The van der Waals surface area contributed by atoms with Gasteiger partial charge in [-0.1, -0.05) is 0 Å². The summed E-state index contributed by atoms with van der Waals surface area (Å²) < 4.78 is 0. The van der Waals surface area contributed by atoms with Crippen LogP contribution in [0.25, 0.3) is 0 Å². The fourth-order valence-electron chi connectivity index (χ4n) is 3.74. The molecular formula is C15H24N4O3. The van der Waals surface area contributed by atoms with Crippen LogP contribution in [0.4, 0.5) is 4.79 Å². The number of hydrogen-bond donors (Lipinski definition) is 2. The van der Waals surface area contributed by atoms with E-state index in [1.54, 1.807) is 0 Å². The maximum atomic E-state index is 12.4. The Hall–Kier alpha value is -1.63. The van der Waals surface area contributed by atoms with Gasteiger partial charge in [0, 0.05) is 19.5 Å². The third-order valence-corrected chi connectivity index (χ3v) is 5.34. The van der Waals surface area contributed by atoms with E-state index < -0.39 is 12.1 Å². The highest BCUT2D eigenvalue weighted by Crippen LogP contribution is 2.40. The normalized spacial score (nSPS) is 28.0. The summed E-state index contributed by atoms with van der Waals surface area (Å²) in [6, 6.07) is -1.02. The van der Waals surface area contributed by atoms with Crippen LogP contribution in [-0.4, -0.2) is 66.9 Å². The molecule has 3 heterocycles. The lowest BCUT2D eigenvalue weighted by Crippen LogP contribution is -2.40. The third kappa shape index (κ3) is 3.09. The minimum Gasteiger partial charge on any atom is -0.342 e. The van der Waals surface area contributed by atoms with Gasteiger partial charge in [0.05, 0.1) is 0 Å². The first-order valence-electron chi connectivity index (χ1n) is 8.05. The Balaban J connectivity index is 1.47. The second kappa shape index (κ2) is 5.87. The second-order valence-electron chi connectivity index (χ2n) is 6.92. The van der Waals surface area contributed by atoms with Gasteiger partial charge in [0.2, 0.25) is 5.91 Å². The van der Waals surface area contributed by atoms with Crippen LogP contribution >= 0.6 is 0 Å². The van der Waals surface area contributed by atoms with E-state index in [9.17, 15) is 14.4 Å². The Bertz CT molecular complexity index is 485. The number of imide groups is 1. The Morgan fingerprint density at radius 3 is 2.55 bits per heavy atom. The molecule has 3 aliphatic heterocycles. The molecule has 122 valence electrons. The molecule has 0 saturated carbocycles. The van der Waals surface area contributed by atoms with Crippen LogP contribution in [0.3, 0.4) is 0 Å². The van der Waals surface area contributed by atoms with Crippen LogP contribution in [0.2, 0.25) is 0 Å². The first-order chi connectivity index (χ1) is 10.5. The minimum atomic E-state index is -0.559. The zero-order chi connectivity index (χ0) is 15.7. The molecule has 0 bridgehead atoms. The van der Waals surface area contributed by atoms with Crippen molar-refractivity contribution in [2.75, 3.05) is 33.2 Å². The van der Waals surface area contributed by atoms with Crippen LogP contribution < -0.4 is 10.6 Å². The smallest absolute Gasteiger partial charge is 0.322 e. The number of urea groups is 1. The summed E-state index contributed by atoms with van der Waals surface area (Å²) in [6.45, 7) is 3.89. The number of hydrogen-bond acceptors (Lipinski definition) is 4. The van der Waals surface area contributed by atoms with Gasteiger partial charge in [0.25, 0.3) is 5.91 Å². The van der Waals surface area contributed by atoms with Crippen LogP contribution in [0.1, 0.15) is 32.1 Å². The Morgan fingerprint density at radius 2 is 1.91 bits per heavy atom. The number of carbonyl (C=O) groups excluding carboxylic acids is 3. The summed E-state index contributed by atoms with van der Waals surface area (Å²) in [6.07, 6.45) is 4.10. The van der Waals surface area contributed by atoms with Crippen molar-refractivity contribution in [2.24, 2.45) is 5.41 Å². The van der Waals surface area contributed by atoms with Gasteiger partial charge in [-0.15, -0.1) is 0 Å². The number of amides is 4. The number of nitrogens with one attached hydrogen (secondary N) is 2. The van der Waals surface area contributed by atoms with Crippen molar-refractivity contribution < 1.29 is 14.4 Å². The monoisotopic (exact) mass is 308 g/mol. The van der Waals surface area contributed by atoms with E-state index in [-0.39, 0.29) is 11.8 Å². The van der Waals surface area contributed by atoms with Crippen LogP contribution in [0.5, 0.6) is 0 Å². The molecule has 0 aliphatic carbocycles. The molecule has 4 amide bonds. The summed E-state index contributed by atoms with van der Waals surface area (Å²) in [5.74, 6) is -0.226. The molecule has 0 aromatic rings. The van der Waals surface area contributed by atoms with E-state index in [1.807, 2.05) is 4.90 Å². The van der Waals surface area contributed by atoms with E-state index in [0.717, 1.165) is 45.4 Å². The molecule has 0 radical (unpaired) electrons. The molecule has 3 saturated heterocycles. The highest BCUT2D eigenvalue weighted by molar-refractivity contribution is 6.04. The summed E-state index contributed by atoms with van der Waals surface area (Å²) >= 11 is 0. The van der Waals surface area contributed by atoms with E-state index in [4.69, 9.17) is 0 Å². The first-order valence-corrected chi connectivity index (χ1v) is 8.05. The van der Waals surface area contributed by atoms with Gasteiger partial charge in [-0.05, 0) is 51.2 Å². The highest BCUT2D eigenvalue weighted by Gasteiger charge is 2.41. The summed E-state index contributed by atoms with van der Waals surface area (Å²) in [4.78, 5) is 39.2. The summed E-state index contributed by atoms with van der Waals surface area (Å²) in [7, 11) is 2.14. The van der Waals surface area contributed by atoms with E-state index >= 15 is 0 Å². The van der Waals surface area contributed by atoms with Gasteiger partial charge in [0.1, 0.15) is 6.04 Å². The number of likely N-dealkylation sites (tertiary alicyclic amines) is 2. The number of nitrogens with zero attached hydrogens (tertiary/aromatic N) is 2. The zero-order valence-corrected chi connectivity index (χ0v) is 13.1. The molecule has 3 rings (SSSR count). The van der Waals surface area contributed by atoms with Gasteiger partial charge < -0.3 is 15.1 Å². The molecule has 0 aromatic carbocycles. The minimum absolute atomic E-state index is 0.102. The molecular weight excluding hydrogens is 284 g/mol. The predicted molar refractivity (Wildman–Crippen MR) is 80.1 cm³/mol. The van der Waals surface area contributed by atoms with Gasteiger partial charge in [-0.25, -0.2) is 4.79 Å². The van der Waals surface area contributed by atoms with Crippen molar-refractivity contribution in [2.45, 2.75) is 38.1 Å². The fraction of sp³-hybridized carbons (Fsp3) is 0.800. The maximum absolute atomic E-state index is 12.4. The molecule has 3 aliphatic rings. The molecule has 0 unspecified atom stereocenters. The molecule has 7 heteroatoms. The zero-order valence-electron chi connectivity index (χ0n) is 13.1. The Kier molecular flexibility index (Phi) is 4.08. The van der Waals surface area contributed by atoms with E-state index in [2.05, 4.69) is 22.6 Å². The quantitative estimate of drug-likeness (QED) is 0.715. The van der Waals surface area contributed by atoms with Gasteiger partial charge in [-0.3, -0.25) is 14.9 Å². The fourth-order valence-corrected chi connectivity index (χ4v) is 3.74. The molecule has 1 spiro atoms. The van der Waals surface area contributed by atoms with Crippen molar-refractivity contribution >= 4 is 17.8 Å². The van der Waals surface area contributed by atoms with Gasteiger partial charge >= 0.3 is 6.03 Å². The molecule has 22 heavy (non-hydrogen) atoms. The maximum Gasteiger partial charge on any atom is 0.322 e. The van der Waals surface area contributed by atoms with E-state index in [0.29, 0.717) is 18.3 Å². The van der Waals surface area contributed by atoms with Crippen molar-refractivity contribution in [3.05, 3.63) is 0 Å². The molecule has 1 atom stereocenters. The summed E-state index contributed by atoms with van der Waals surface area (Å²) in [5, 5.41) is 4.73. The first kappa shape index (κ1) is 15.3. The third-order valence-electron chi connectivity index (χ3n) is 5.34. The number of carbonyl (C=O) groups is 3. The number of rotatable bonds is 3. The van der Waals surface area contributed by atoms with Gasteiger partial charge in [-0.2, -0.15) is 0 Å². The Morgan fingerprint density at radius 1 is 1.23 bits per heavy atom. The van der Waals surface area contributed by atoms with Crippen molar-refractivity contribution in [3.8, 4) is 0 Å². The van der Waals surface area contributed by atoms with E-state index in [1.165, 1.54) is 0 Å². The predicted octanol–water partition coefficient (Wildman–Crippen LogP) is -0.0811. The Labute approximate surface area is 130 Å². The lowest BCUT2D eigenvalue weighted by Gasteiger charge is -2.37. The SMILES string of the molecule is CN1CCC2(CC1)CCN(C(=O)CC[C@@H]1NC(=O)NC1=O)C2. The molecule has 7 nitrogen and oxygen atoms in total. The number of piperidine rings is 1. The largest absolute Gasteiger partial charge is 0.342 e. The molecule has 2 N–H and O–H groups in total. The van der Waals surface area contributed by atoms with Crippen LogP contribution in [-0.2, 0) is 9.59 Å². The van der Waals surface area contributed by atoms with Crippen molar-refractivity contribution in [1.29, 1.82) is 0 Å². The lowest BCUT2D eigenvalue weighted by atomic mass is 9.78. The summed E-state index contributed by atoms with van der Waals surface area (Å²) in [5.41, 5.74) is 0.307. The molecule has 3 fully saturated rings. The van der Waals surface area contributed by atoms with Gasteiger partial charge in [0.15, 0.2) is 0 Å². The topological polar surface area (TPSA) is 81.8 Å². The highest BCUT2D eigenvalue weighted by atomic mass is 16.2. The average Bonchev–Trinajstić information content (AvgIpc) is 3.04. The van der Waals surface area contributed by atoms with Crippen LogP contribution in [0.15, 0.2) is 0 Å².